The van der Waals surface area contributed by atoms with Crippen molar-refractivity contribution in [3.8, 4) is 0 Å². The van der Waals surface area contributed by atoms with Gasteiger partial charge in [-0.15, -0.1) is 0 Å². The number of imidazole rings is 1. The van der Waals surface area contributed by atoms with Gasteiger partial charge in [0.25, 0.3) is 0 Å². The molecule has 1 aromatic rings. The molecule has 1 atom stereocenters. The molecule has 2 fully saturated rings. The Hall–Kier alpha value is -0.920. The molecule has 0 aromatic carbocycles. The van der Waals surface area contributed by atoms with Crippen LogP contribution in [0.5, 0.6) is 0 Å². The first-order valence-corrected chi connectivity index (χ1v) is 9.69. The number of aromatic nitrogens is 2. The summed E-state index contributed by atoms with van der Waals surface area (Å²) >= 11 is 0. The van der Waals surface area contributed by atoms with Gasteiger partial charge in [0.05, 0.1) is 30.4 Å². The standard InChI is InChI=1S/C15H23N3O3S/c19-22(20,15-3-4-15)18-7-13(10-21-9-12-1-2-12)6-17-11-16-5-14(17)8-18/h5,11-13,15H,1-4,6-10H2. The van der Waals surface area contributed by atoms with Crippen LogP contribution in [0, 0.1) is 11.8 Å². The lowest BCUT2D eigenvalue weighted by atomic mass is 10.1. The van der Waals surface area contributed by atoms with E-state index in [1.807, 2.05) is 0 Å². The van der Waals surface area contributed by atoms with E-state index in [0.29, 0.717) is 19.7 Å². The maximum atomic E-state index is 12.6. The van der Waals surface area contributed by atoms with Crippen LogP contribution in [0.1, 0.15) is 31.4 Å². The minimum Gasteiger partial charge on any atom is -0.381 e. The Bertz CT molecular complexity index is 634. The largest absolute Gasteiger partial charge is 0.381 e. The van der Waals surface area contributed by atoms with E-state index in [0.717, 1.165) is 37.6 Å². The minimum absolute atomic E-state index is 0.157. The molecule has 4 rings (SSSR count). The van der Waals surface area contributed by atoms with Gasteiger partial charge in [-0.25, -0.2) is 13.4 Å². The zero-order valence-corrected chi connectivity index (χ0v) is 13.5. The molecule has 0 N–H and O–H groups in total. The van der Waals surface area contributed by atoms with Crippen molar-refractivity contribution in [3.63, 3.8) is 0 Å². The van der Waals surface area contributed by atoms with Crippen LogP contribution < -0.4 is 0 Å². The molecular formula is C15H23N3O3S. The van der Waals surface area contributed by atoms with Crippen molar-refractivity contribution in [1.82, 2.24) is 13.9 Å². The summed E-state index contributed by atoms with van der Waals surface area (Å²) in [5.41, 5.74) is 0.980. The summed E-state index contributed by atoms with van der Waals surface area (Å²) in [6, 6.07) is 0. The summed E-state index contributed by atoms with van der Waals surface area (Å²) in [7, 11) is -3.16. The quantitative estimate of drug-likeness (QED) is 0.789. The Morgan fingerprint density at radius 3 is 2.64 bits per heavy atom. The van der Waals surface area contributed by atoms with Crippen LogP contribution >= 0.6 is 0 Å². The molecule has 2 heterocycles. The number of nitrogens with zero attached hydrogens (tertiary/aromatic N) is 3. The summed E-state index contributed by atoms with van der Waals surface area (Å²) in [6.45, 7) is 3.24. The number of rotatable bonds is 6. The highest BCUT2D eigenvalue weighted by atomic mass is 32.2. The SMILES string of the molecule is O=S(=O)(C1CC1)N1Cc2cncn2CC(COCC2CC2)C1. The third kappa shape index (κ3) is 3.07. The van der Waals surface area contributed by atoms with Crippen molar-refractivity contribution >= 4 is 10.0 Å². The molecule has 2 saturated carbocycles. The molecule has 1 aliphatic heterocycles. The van der Waals surface area contributed by atoms with Crippen molar-refractivity contribution < 1.29 is 13.2 Å². The van der Waals surface area contributed by atoms with Gasteiger partial charge in [0, 0.05) is 31.8 Å². The Morgan fingerprint density at radius 1 is 1.14 bits per heavy atom. The second-order valence-corrected chi connectivity index (χ2v) is 9.13. The lowest BCUT2D eigenvalue weighted by Gasteiger charge is -2.23. The summed E-state index contributed by atoms with van der Waals surface area (Å²) in [5, 5.41) is -0.157. The van der Waals surface area contributed by atoms with Crippen molar-refractivity contribution in [3.05, 3.63) is 18.2 Å². The predicted octanol–water partition coefficient (Wildman–Crippen LogP) is 1.23. The molecular weight excluding hydrogens is 302 g/mol. The highest BCUT2D eigenvalue weighted by molar-refractivity contribution is 7.90. The molecule has 3 aliphatic rings. The summed E-state index contributed by atoms with van der Waals surface area (Å²) in [6.07, 6.45) is 7.75. The van der Waals surface area contributed by atoms with Crippen molar-refractivity contribution in [2.75, 3.05) is 19.8 Å². The molecule has 6 nitrogen and oxygen atoms in total. The average Bonchev–Trinajstić information content (AvgIpc) is 3.36. The molecule has 22 heavy (non-hydrogen) atoms. The summed E-state index contributed by atoms with van der Waals surface area (Å²) in [4.78, 5) is 4.18. The highest BCUT2D eigenvalue weighted by Gasteiger charge is 2.41. The van der Waals surface area contributed by atoms with Gasteiger partial charge in [-0.1, -0.05) is 0 Å². The van der Waals surface area contributed by atoms with Crippen LogP contribution in [0.3, 0.4) is 0 Å². The highest BCUT2D eigenvalue weighted by Crippen LogP contribution is 2.33. The smallest absolute Gasteiger partial charge is 0.217 e. The second kappa shape index (κ2) is 5.62. The summed E-state index contributed by atoms with van der Waals surface area (Å²) in [5.74, 6) is 0.934. The van der Waals surface area contributed by atoms with Crippen LogP contribution in [-0.2, 0) is 27.8 Å². The molecule has 0 spiro atoms. The lowest BCUT2D eigenvalue weighted by Crippen LogP contribution is -2.37. The maximum absolute atomic E-state index is 12.6. The van der Waals surface area contributed by atoms with Gasteiger partial charge in [0.15, 0.2) is 0 Å². The van der Waals surface area contributed by atoms with Gasteiger partial charge in [0.1, 0.15) is 0 Å². The van der Waals surface area contributed by atoms with E-state index in [2.05, 4.69) is 9.55 Å². The Kier molecular flexibility index (Phi) is 3.74. The molecule has 0 bridgehead atoms. The van der Waals surface area contributed by atoms with Crippen LogP contribution in [-0.4, -0.2) is 47.3 Å². The van der Waals surface area contributed by atoms with E-state index in [9.17, 15) is 8.42 Å². The van der Waals surface area contributed by atoms with E-state index in [1.54, 1.807) is 16.8 Å². The van der Waals surface area contributed by atoms with Gasteiger partial charge in [0.2, 0.25) is 10.0 Å². The fourth-order valence-corrected chi connectivity index (χ4v) is 4.96. The lowest BCUT2D eigenvalue weighted by molar-refractivity contribution is 0.0807. The van der Waals surface area contributed by atoms with Crippen molar-refractivity contribution in [1.29, 1.82) is 0 Å². The van der Waals surface area contributed by atoms with E-state index in [4.69, 9.17) is 4.74 Å². The van der Waals surface area contributed by atoms with Crippen LogP contribution in [0.25, 0.3) is 0 Å². The van der Waals surface area contributed by atoms with Gasteiger partial charge in [-0.05, 0) is 31.6 Å². The molecule has 0 radical (unpaired) electrons. The zero-order chi connectivity index (χ0) is 15.2. The predicted molar refractivity (Wildman–Crippen MR) is 81.6 cm³/mol. The average molecular weight is 325 g/mol. The van der Waals surface area contributed by atoms with E-state index < -0.39 is 10.0 Å². The number of fused-ring (bicyclic) bond motifs is 1. The number of ether oxygens (including phenoxy) is 1. The maximum Gasteiger partial charge on any atom is 0.217 e. The van der Waals surface area contributed by atoms with Crippen molar-refractivity contribution in [2.45, 2.75) is 44.0 Å². The van der Waals surface area contributed by atoms with E-state index >= 15 is 0 Å². The molecule has 1 aromatic heterocycles. The molecule has 1 unspecified atom stereocenters. The number of hydrogen-bond acceptors (Lipinski definition) is 4. The fraction of sp³-hybridized carbons (Fsp3) is 0.800. The normalized spacial score (nSPS) is 26.6. The van der Waals surface area contributed by atoms with Crippen LogP contribution in [0.15, 0.2) is 12.5 Å². The van der Waals surface area contributed by atoms with Gasteiger partial charge < -0.3 is 9.30 Å². The van der Waals surface area contributed by atoms with Gasteiger partial charge in [-0.2, -0.15) is 4.31 Å². The Labute approximate surface area is 131 Å². The topological polar surface area (TPSA) is 64.4 Å². The van der Waals surface area contributed by atoms with E-state index in [1.165, 1.54) is 12.8 Å². The molecule has 2 aliphatic carbocycles. The monoisotopic (exact) mass is 325 g/mol. The van der Waals surface area contributed by atoms with E-state index in [-0.39, 0.29) is 11.2 Å². The van der Waals surface area contributed by atoms with Crippen LogP contribution in [0.2, 0.25) is 0 Å². The van der Waals surface area contributed by atoms with Gasteiger partial charge in [-0.3, -0.25) is 0 Å². The van der Waals surface area contributed by atoms with Crippen molar-refractivity contribution in [2.24, 2.45) is 11.8 Å². The molecule has 7 heteroatoms. The zero-order valence-electron chi connectivity index (χ0n) is 12.7. The fourth-order valence-electron chi connectivity index (χ4n) is 3.08. The van der Waals surface area contributed by atoms with Gasteiger partial charge >= 0.3 is 0 Å². The van der Waals surface area contributed by atoms with Crippen LogP contribution in [0.4, 0.5) is 0 Å². The first-order chi connectivity index (χ1) is 10.6. The summed E-state index contributed by atoms with van der Waals surface area (Å²) < 4.78 is 34.8. The first-order valence-electron chi connectivity index (χ1n) is 8.18. The molecule has 0 amide bonds. The molecule has 0 saturated heterocycles. The second-order valence-electron chi connectivity index (χ2n) is 6.92. The Balaban J connectivity index is 1.49. The number of sulfonamides is 1. The first kappa shape index (κ1) is 14.7. The molecule has 122 valence electrons. The minimum atomic E-state index is -3.16. The third-order valence-electron chi connectivity index (χ3n) is 4.76. The Morgan fingerprint density at radius 2 is 1.91 bits per heavy atom. The third-order valence-corrected chi connectivity index (χ3v) is 7.07. The number of hydrogen-bond donors (Lipinski definition) is 0.